The Kier molecular flexibility index (Phi) is 6.17. The van der Waals surface area contributed by atoms with Crippen LogP contribution in [0.25, 0.3) is 0 Å². The van der Waals surface area contributed by atoms with Crippen LogP contribution in [-0.2, 0) is 9.59 Å². The van der Waals surface area contributed by atoms with Gasteiger partial charge in [-0.15, -0.1) is 0 Å². The second kappa shape index (κ2) is 8.33. The van der Waals surface area contributed by atoms with Crippen molar-refractivity contribution in [3.8, 4) is 0 Å². The molecule has 2 rings (SSSR count). The Bertz CT molecular complexity index is 764. The summed E-state index contributed by atoms with van der Waals surface area (Å²) < 4.78 is 0. The zero-order chi connectivity index (χ0) is 18.4. The zero-order valence-electron chi connectivity index (χ0n) is 15.2. The van der Waals surface area contributed by atoms with Crippen molar-refractivity contribution in [1.82, 2.24) is 0 Å². The number of benzene rings is 2. The number of hydrogen-bond acceptors (Lipinski definition) is 3. The molecule has 0 unspecified atom stereocenters. The number of aryl methyl sites for hydroxylation is 3. The van der Waals surface area contributed by atoms with E-state index in [4.69, 9.17) is 0 Å². The standard InChI is InChI=1S/C20H25N3O2/c1-5-18(24)22-17-11-16(10-9-13(17)2)21-12-19(25)23-20-14(3)7-6-8-15(20)4/h6-11,21H,5,12H2,1-4H3,(H,22,24)(H,23,25). The first-order valence-electron chi connectivity index (χ1n) is 8.41. The lowest BCUT2D eigenvalue weighted by Crippen LogP contribution is -2.22. The van der Waals surface area contributed by atoms with E-state index in [9.17, 15) is 9.59 Å². The largest absolute Gasteiger partial charge is 0.376 e. The number of rotatable bonds is 6. The summed E-state index contributed by atoms with van der Waals surface area (Å²) in [5.74, 6) is -0.148. The van der Waals surface area contributed by atoms with Gasteiger partial charge in [0.2, 0.25) is 11.8 Å². The molecule has 2 aromatic rings. The molecule has 5 nitrogen and oxygen atoms in total. The van der Waals surface area contributed by atoms with Crippen molar-refractivity contribution in [3.63, 3.8) is 0 Å². The molecule has 25 heavy (non-hydrogen) atoms. The fraction of sp³-hybridized carbons (Fsp3) is 0.300. The van der Waals surface area contributed by atoms with Crippen molar-refractivity contribution in [1.29, 1.82) is 0 Å². The minimum absolute atomic E-state index is 0.0342. The van der Waals surface area contributed by atoms with Gasteiger partial charge in [0.25, 0.3) is 0 Å². The third kappa shape index (κ3) is 5.08. The van der Waals surface area contributed by atoms with Crippen molar-refractivity contribution in [3.05, 3.63) is 53.1 Å². The Labute approximate surface area is 148 Å². The monoisotopic (exact) mass is 339 g/mol. The van der Waals surface area contributed by atoms with E-state index in [-0.39, 0.29) is 18.4 Å². The highest BCUT2D eigenvalue weighted by Gasteiger charge is 2.08. The van der Waals surface area contributed by atoms with Crippen molar-refractivity contribution < 1.29 is 9.59 Å². The molecule has 0 spiro atoms. The minimum Gasteiger partial charge on any atom is -0.376 e. The maximum atomic E-state index is 12.2. The first kappa shape index (κ1) is 18.5. The molecule has 132 valence electrons. The third-order valence-electron chi connectivity index (χ3n) is 4.03. The normalized spacial score (nSPS) is 10.2. The Morgan fingerprint density at radius 2 is 1.56 bits per heavy atom. The summed E-state index contributed by atoms with van der Waals surface area (Å²) in [4.78, 5) is 23.8. The molecular weight excluding hydrogens is 314 g/mol. The van der Waals surface area contributed by atoms with Gasteiger partial charge in [0, 0.05) is 23.5 Å². The zero-order valence-corrected chi connectivity index (χ0v) is 15.2. The van der Waals surface area contributed by atoms with Gasteiger partial charge in [0.1, 0.15) is 0 Å². The topological polar surface area (TPSA) is 70.2 Å². The van der Waals surface area contributed by atoms with Crippen molar-refractivity contribution in [2.75, 3.05) is 22.5 Å². The van der Waals surface area contributed by atoms with Gasteiger partial charge < -0.3 is 16.0 Å². The van der Waals surface area contributed by atoms with E-state index in [0.29, 0.717) is 6.42 Å². The molecule has 0 atom stereocenters. The second-order valence-electron chi connectivity index (χ2n) is 6.10. The Balaban J connectivity index is 2.00. The van der Waals surface area contributed by atoms with Crippen molar-refractivity contribution >= 4 is 28.9 Å². The van der Waals surface area contributed by atoms with Crippen LogP contribution in [0.15, 0.2) is 36.4 Å². The number of amides is 2. The minimum atomic E-state index is -0.114. The average molecular weight is 339 g/mol. The number of anilines is 3. The molecule has 0 aromatic heterocycles. The molecule has 0 saturated heterocycles. The first-order chi connectivity index (χ1) is 11.9. The van der Waals surface area contributed by atoms with Crippen molar-refractivity contribution in [2.24, 2.45) is 0 Å². The lowest BCUT2D eigenvalue weighted by molar-refractivity contribution is -0.116. The molecule has 0 heterocycles. The predicted octanol–water partition coefficient (Wildman–Crippen LogP) is 4.01. The van der Waals surface area contributed by atoms with E-state index in [1.165, 1.54) is 0 Å². The third-order valence-corrected chi connectivity index (χ3v) is 4.03. The van der Waals surface area contributed by atoms with E-state index in [1.807, 2.05) is 64.1 Å². The molecule has 0 aliphatic rings. The summed E-state index contributed by atoms with van der Waals surface area (Å²) in [6.07, 6.45) is 0.426. The van der Waals surface area contributed by atoms with Gasteiger partial charge in [0.15, 0.2) is 0 Å². The smallest absolute Gasteiger partial charge is 0.243 e. The van der Waals surface area contributed by atoms with Gasteiger partial charge in [-0.25, -0.2) is 0 Å². The van der Waals surface area contributed by atoms with Crippen LogP contribution in [0.5, 0.6) is 0 Å². The molecule has 0 radical (unpaired) electrons. The van der Waals surface area contributed by atoms with Crippen LogP contribution in [0, 0.1) is 20.8 Å². The van der Waals surface area contributed by atoms with Gasteiger partial charge in [-0.3, -0.25) is 9.59 Å². The lowest BCUT2D eigenvalue weighted by atomic mass is 10.1. The van der Waals surface area contributed by atoms with E-state index in [0.717, 1.165) is 33.8 Å². The highest BCUT2D eigenvalue weighted by atomic mass is 16.2. The lowest BCUT2D eigenvalue weighted by Gasteiger charge is -2.14. The molecule has 0 saturated carbocycles. The van der Waals surface area contributed by atoms with Gasteiger partial charge in [-0.1, -0.05) is 31.2 Å². The average Bonchev–Trinajstić information content (AvgIpc) is 2.58. The Morgan fingerprint density at radius 3 is 2.20 bits per heavy atom. The first-order valence-corrected chi connectivity index (χ1v) is 8.41. The molecule has 0 aliphatic heterocycles. The van der Waals surface area contributed by atoms with E-state index in [1.54, 1.807) is 0 Å². The van der Waals surface area contributed by atoms with Gasteiger partial charge in [-0.05, 0) is 49.6 Å². The quantitative estimate of drug-likeness (QED) is 0.745. The number of carbonyl (C=O) groups excluding carboxylic acids is 2. The van der Waals surface area contributed by atoms with Gasteiger partial charge >= 0.3 is 0 Å². The summed E-state index contributed by atoms with van der Waals surface area (Å²) in [6, 6.07) is 11.6. The van der Waals surface area contributed by atoms with Crippen LogP contribution in [0.1, 0.15) is 30.0 Å². The molecule has 0 fully saturated rings. The summed E-state index contributed by atoms with van der Waals surface area (Å²) in [6.45, 7) is 7.84. The number of nitrogens with one attached hydrogen (secondary N) is 3. The van der Waals surface area contributed by atoms with Crippen LogP contribution in [0.2, 0.25) is 0 Å². The van der Waals surface area contributed by atoms with Crippen LogP contribution in [0.4, 0.5) is 17.1 Å². The van der Waals surface area contributed by atoms with Gasteiger partial charge in [-0.2, -0.15) is 0 Å². The van der Waals surface area contributed by atoms with Crippen molar-refractivity contribution in [2.45, 2.75) is 34.1 Å². The molecular formula is C20H25N3O2. The molecule has 3 N–H and O–H groups in total. The molecule has 5 heteroatoms. The van der Waals surface area contributed by atoms with E-state index >= 15 is 0 Å². The van der Waals surface area contributed by atoms with Crippen LogP contribution >= 0.6 is 0 Å². The van der Waals surface area contributed by atoms with Crippen LogP contribution in [-0.4, -0.2) is 18.4 Å². The summed E-state index contributed by atoms with van der Waals surface area (Å²) >= 11 is 0. The number of hydrogen-bond donors (Lipinski definition) is 3. The second-order valence-corrected chi connectivity index (χ2v) is 6.10. The highest BCUT2D eigenvalue weighted by molar-refractivity contribution is 5.95. The summed E-state index contributed by atoms with van der Waals surface area (Å²) in [5, 5.41) is 8.91. The van der Waals surface area contributed by atoms with E-state index in [2.05, 4.69) is 16.0 Å². The van der Waals surface area contributed by atoms with Gasteiger partial charge in [0.05, 0.1) is 6.54 Å². The molecule has 2 aromatic carbocycles. The highest BCUT2D eigenvalue weighted by Crippen LogP contribution is 2.21. The number of para-hydroxylation sites is 1. The fourth-order valence-electron chi connectivity index (χ4n) is 2.48. The summed E-state index contributed by atoms with van der Waals surface area (Å²) in [7, 11) is 0. The van der Waals surface area contributed by atoms with Crippen LogP contribution < -0.4 is 16.0 Å². The maximum absolute atomic E-state index is 12.2. The molecule has 0 bridgehead atoms. The number of carbonyl (C=O) groups is 2. The SMILES string of the molecule is CCC(=O)Nc1cc(NCC(=O)Nc2c(C)cccc2C)ccc1C. The fourth-order valence-corrected chi connectivity index (χ4v) is 2.48. The Hall–Kier alpha value is -2.82. The molecule has 2 amide bonds. The summed E-state index contributed by atoms with van der Waals surface area (Å²) in [5.41, 5.74) is 5.45. The maximum Gasteiger partial charge on any atom is 0.243 e. The Morgan fingerprint density at radius 1 is 0.880 bits per heavy atom. The molecule has 0 aliphatic carbocycles. The van der Waals surface area contributed by atoms with E-state index < -0.39 is 0 Å². The van der Waals surface area contributed by atoms with Crippen LogP contribution in [0.3, 0.4) is 0 Å². The predicted molar refractivity (Wildman–Crippen MR) is 103 cm³/mol.